The number of aromatic nitrogens is 3. The van der Waals surface area contributed by atoms with Crippen molar-refractivity contribution in [3.05, 3.63) is 75.5 Å². The number of ether oxygens (including phenoxy) is 1. The van der Waals surface area contributed by atoms with Crippen molar-refractivity contribution in [1.82, 2.24) is 14.8 Å². The minimum absolute atomic E-state index is 0.142. The topological polar surface area (TPSA) is 138 Å². The molecule has 1 atom stereocenters. The number of para-hydroxylation sites is 2. The lowest BCUT2D eigenvalue weighted by atomic mass is 9.94. The van der Waals surface area contributed by atoms with Gasteiger partial charge in [-0.25, -0.2) is 4.68 Å². The van der Waals surface area contributed by atoms with Gasteiger partial charge in [-0.1, -0.05) is 24.3 Å². The van der Waals surface area contributed by atoms with Gasteiger partial charge in [-0.2, -0.15) is 4.98 Å². The van der Waals surface area contributed by atoms with E-state index >= 15 is 0 Å². The SMILES string of the molecule is COc1ccccc1-c1nc2n(n1)C(c1ccccc1[N+](=O)[O-])C(C(N)=O)=C(C)N2. The monoisotopic (exact) mass is 406 g/mol. The van der Waals surface area contributed by atoms with Gasteiger partial charge in [0.25, 0.3) is 5.69 Å². The number of nitro benzene ring substituents is 1. The Bertz CT molecular complexity index is 1200. The largest absolute Gasteiger partial charge is 0.496 e. The quantitative estimate of drug-likeness (QED) is 0.490. The fourth-order valence-corrected chi connectivity index (χ4v) is 3.59. The highest BCUT2D eigenvalue weighted by molar-refractivity contribution is 5.95. The number of carbonyl (C=O) groups excluding carboxylic acids is 1. The normalized spacial score (nSPS) is 15.3. The van der Waals surface area contributed by atoms with Gasteiger partial charge in [-0.3, -0.25) is 14.9 Å². The summed E-state index contributed by atoms with van der Waals surface area (Å²) in [6, 6.07) is 12.5. The number of nitro groups is 1. The third kappa shape index (κ3) is 3.04. The highest BCUT2D eigenvalue weighted by atomic mass is 16.6. The van der Waals surface area contributed by atoms with Crippen LogP contribution in [0.4, 0.5) is 11.6 Å². The van der Waals surface area contributed by atoms with Crippen molar-refractivity contribution in [1.29, 1.82) is 0 Å². The van der Waals surface area contributed by atoms with Gasteiger partial charge in [0.2, 0.25) is 11.9 Å². The number of amides is 1. The predicted molar refractivity (Wildman–Crippen MR) is 109 cm³/mol. The van der Waals surface area contributed by atoms with Crippen molar-refractivity contribution in [2.45, 2.75) is 13.0 Å². The molecule has 30 heavy (non-hydrogen) atoms. The lowest BCUT2D eigenvalue weighted by molar-refractivity contribution is -0.385. The van der Waals surface area contributed by atoms with Gasteiger partial charge < -0.3 is 15.8 Å². The minimum Gasteiger partial charge on any atom is -0.496 e. The lowest BCUT2D eigenvalue weighted by Gasteiger charge is -2.27. The van der Waals surface area contributed by atoms with Gasteiger partial charge in [-0.15, -0.1) is 5.10 Å². The van der Waals surface area contributed by atoms with E-state index in [0.717, 1.165) is 0 Å². The summed E-state index contributed by atoms with van der Waals surface area (Å²) in [7, 11) is 1.54. The summed E-state index contributed by atoms with van der Waals surface area (Å²) in [4.78, 5) is 28.0. The highest BCUT2D eigenvalue weighted by Crippen LogP contribution is 2.40. The number of nitrogens with two attached hydrogens (primary N) is 1. The van der Waals surface area contributed by atoms with Crippen LogP contribution in [0.15, 0.2) is 59.8 Å². The second-order valence-corrected chi connectivity index (χ2v) is 6.65. The molecule has 3 N–H and O–H groups in total. The Morgan fingerprint density at radius 3 is 2.63 bits per heavy atom. The average Bonchev–Trinajstić information content (AvgIpc) is 3.15. The van der Waals surface area contributed by atoms with E-state index in [1.807, 2.05) is 12.1 Å². The van der Waals surface area contributed by atoms with E-state index in [4.69, 9.17) is 10.5 Å². The zero-order valence-corrected chi connectivity index (χ0v) is 16.2. The Hall–Kier alpha value is -4.21. The average molecular weight is 406 g/mol. The number of methoxy groups -OCH3 is 1. The minimum atomic E-state index is -0.906. The summed E-state index contributed by atoms with van der Waals surface area (Å²) in [5, 5.41) is 19.2. The second kappa shape index (κ2) is 7.32. The molecule has 4 rings (SSSR count). The van der Waals surface area contributed by atoms with Gasteiger partial charge >= 0.3 is 0 Å². The fraction of sp³-hybridized carbons (Fsp3) is 0.150. The van der Waals surface area contributed by atoms with E-state index in [0.29, 0.717) is 28.8 Å². The smallest absolute Gasteiger partial charge is 0.275 e. The fourth-order valence-electron chi connectivity index (χ4n) is 3.59. The molecule has 1 aliphatic heterocycles. The van der Waals surface area contributed by atoms with Crippen molar-refractivity contribution in [2.75, 3.05) is 12.4 Å². The number of fused-ring (bicyclic) bond motifs is 1. The standard InChI is InChI=1S/C20H18N6O4/c1-11-16(18(21)27)17(12-7-3-5-9-14(12)26(28)29)25-20(22-11)23-19(24-25)13-8-4-6-10-15(13)30-2/h3-10,17H,1-2H3,(H2,21,27)(H,22,23,24). The van der Waals surface area contributed by atoms with Crippen LogP contribution in [-0.4, -0.2) is 32.7 Å². The Balaban J connectivity index is 1.95. The summed E-state index contributed by atoms with van der Waals surface area (Å²) in [6.07, 6.45) is 0. The number of benzene rings is 2. The number of primary amides is 1. The van der Waals surface area contributed by atoms with Crippen molar-refractivity contribution >= 4 is 17.5 Å². The van der Waals surface area contributed by atoms with E-state index in [9.17, 15) is 14.9 Å². The third-order valence-electron chi connectivity index (χ3n) is 4.89. The highest BCUT2D eigenvalue weighted by Gasteiger charge is 2.37. The molecule has 3 aromatic rings. The second-order valence-electron chi connectivity index (χ2n) is 6.65. The Morgan fingerprint density at radius 1 is 1.23 bits per heavy atom. The maximum atomic E-state index is 12.3. The van der Waals surface area contributed by atoms with Crippen LogP contribution in [0.2, 0.25) is 0 Å². The molecule has 1 amide bonds. The van der Waals surface area contributed by atoms with Crippen molar-refractivity contribution in [3.8, 4) is 17.1 Å². The van der Waals surface area contributed by atoms with Crippen molar-refractivity contribution in [3.63, 3.8) is 0 Å². The number of nitrogens with one attached hydrogen (secondary N) is 1. The zero-order chi connectivity index (χ0) is 21.4. The molecule has 1 unspecified atom stereocenters. The molecular weight excluding hydrogens is 388 g/mol. The van der Waals surface area contributed by atoms with Gasteiger partial charge in [0.15, 0.2) is 5.82 Å². The lowest BCUT2D eigenvalue weighted by Crippen LogP contribution is -2.32. The zero-order valence-electron chi connectivity index (χ0n) is 16.2. The molecule has 0 spiro atoms. The molecular formula is C20H18N6O4. The summed E-state index contributed by atoms with van der Waals surface area (Å²) >= 11 is 0. The molecule has 2 aromatic carbocycles. The number of rotatable bonds is 5. The number of carbonyl (C=O) groups is 1. The van der Waals surface area contributed by atoms with Crippen LogP contribution in [-0.2, 0) is 4.79 Å². The van der Waals surface area contributed by atoms with Gasteiger partial charge in [0.1, 0.15) is 11.8 Å². The van der Waals surface area contributed by atoms with E-state index in [1.165, 1.54) is 10.7 Å². The van der Waals surface area contributed by atoms with Crippen LogP contribution >= 0.6 is 0 Å². The first-order chi connectivity index (χ1) is 14.4. The van der Waals surface area contributed by atoms with Crippen LogP contribution in [0.5, 0.6) is 5.75 Å². The van der Waals surface area contributed by atoms with Crippen molar-refractivity contribution < 1.29 is 14.5 Å². The van der Waals surface area contributed by atoms with E-state index in [-0.39, 0.29) is 16.8 Å². The molecule has 10 nitrogen and oxygen atoms in total. The first-order valence-corrected chi connectivity index (χ1v) is 9.03. The summed E-state index contributed by atoms with van der Waals surface area (Å²) in [5.74, 6) is 0.546. The Kier molecular flexibility index (Phi) is 4.66. The molecule has 1 aliphatic rings. The Morgan fingerprint density at radius 2 is 1.93 bits per heavy atom. The van der Waals surface area contributed by atoms with Gasteiger partial charge in [0, 0.05) is 11.8 Å². The van der Waals surface area contributed by atoms with E-state index in [1.54, 1.807) is 44.4 Å². The molecule has 152 valence electrons. The molecule has 0 saturated heterocycles. The molecule has 0 aliphatic carbocycles. The Labute approximate surface area is 171 Å². The van der Waals surface area contributed by atoms with Crippen LogP contribution in [0, 0.1) is 10.1 Å². The number of nitrogens with zero attached hydrogens (tertiary/aromatic N) is 4. The number of hydrogen-bond donors (Lipinski definition) is 2. The van der Waals surface area contributed by atoms with Crippen molar-refractivity contribution in [2.24, 2.45) is 5.73 Å². The number of anilines is 1. The predicted octanol–water partition coefficient (Wildman–Crippen LogP) is 2.64. The van der Waals surface area contributed by atoms with E-state index in [2.05, 4.69) is 15.4 Å². The molecule has 10 heteroatoms. The molecule has 0 radical (unpaired) electrons. The van der Waals surface area contributed by atoms with Gasteiger partial charge in [-0.05, 0) is 25.1 Å². The van der Waals surface area contributed by atoms with Gasteiger partial charge in [0.05, 0.1) is 28.7 Å². The first-order valence-electron chi connectivity index (χ1n) is 9.03. The number of hydrogen-bond acceptors (Lipinski definition) is 7. The number of allylic oxidation sites excluding steroid dienone is 1. The molecule has 1 aromatic heterocycles. The van der Waals surface area contributed by atoms with Crippen LogP contribution in [0.3, 0.4) is 0 Å². The maximum Gasteiger partial charge on any atom is 0.275 e. The molecule has 0 bridgehead atoms. The molecule has 0 fully saturated rings. The van der Waals surface area contributed by atoms with Crippen LogP contribution < -0.4 is 15.8 Å². The molecule has 0 saturated carbocycles. The van der Waals surface area contributed by atoms with Crippen LogP contribution in [0.1, 0.15) is 18.5 Å². The van der Waals surface area contributed by atoms with E-state index < -0.39 is 16.9 Å². The summed E-state index contributed by atoms with van der Waals surface area (Å²) in [5.41, 5.74) is 7.06. The first kappa shape index (κ1) is 19.1. The van der Waals surface area contributed by atoms with Crippen LogP contribution in [0.25, 0.3) is 11.4 Å². The summed E-state index contributed by atoms with van der Waals surface area (Å²) in [6.45, 7) is 1.67. The summed E-state index contributed by atoms with van der Waals surface area (Å²) < 4.78 is 6.83. The third-order valence-corrected chi connectivity index (χ3v) is 4.89. The molecule has 2 heterocycles. The maximum absolute atomic E-state index is 12.3.